The molecule has 1 aliphatic heterocycles. The molecule has 1 atom stereocenters. The first-order chi connectivity index (χ1) is 11.8. The Bertz CT molecular complexity index is 633. The van der Waals surface area contributed by atoms with E-state index in [9.17, 15) is 4.79 Å². The van der Waals surface area contributed by atoms with E-state index in [1.807, 2.05) is 24.3 Å². The lowest BCUT2D eigenvalue weighted by Crippen LogP contribution is -2.40. The molecule has 1 N–H and O–H groups in total. The van der Waals surface area contributed by atoms with Crippen molar-refractivity contribution in [1.82, 2.24) is 5.32 Å². The van der Waals surface area contributed by atoms with E-state index in [2.05, 4.69) is 46.6 Å². The molecule has 0 radical (unpaired) electrons. The molecular formula is C20H24N2OS. The first-order valence-corrected chi connectivity index (χ1v) is 9.68. The van der Waals surface area contributed by atoms with Crippen molar-refractivity contribution in [2.75, 3.05) is 23.7 Å². The lowest BCUT2D eigenvalue weighted by Gasteiger charge is -2.27. The summed E-state index contributed by atoms with van der Waals surface area (Å²) >= 11 is 1.67. The van der Waals surface area contributed by atoms with E-state index in [4.69, 9.17) is 0 Å². The van der Waals surface area contributed by atoms with Crippen LogP contribution in [0.3, 0.4) is 0 Å². The molecule has 2 aromatic carbocycles. The number of carbonyl (C=O) groups is 1. The average molecular weight is 340 g/mol. The molecule has 0 spiro atoms. The fourth-order valence-electron chi connectivity index (χ4n) is 3.13. The fourth-order valence-corrected chi connectivity index (χ4v) is 3.94. The minimum Gasteiger partial charge on any atom is -0.367 e. The second-order valence-corrected chi connectivity index (χ2v) is 7.09. The van der Waals surface area contributed by atoms with Crippen LogP contribution in [0, 0.1) is 0 Å². The number of rotatable bonds is 7. The number of para-hydroxylation sites is 1. The van der Waals surface area contributed by atoms with E-state index in [1.165, 1.54) is 17.7 Å². The van der Waals surface area contributed by atoms with Gasteiger partial charge in [0.1, 0.15) is 0 Å². The summed E-state index contributed by atoms with van der Waals surface area (Å²) in [6.07, 6.45) is 2.34. The minimum atomic E-state index is 0.135. The van der Waals surface area contributed by atoms with Gasteiger partial charge in [0.05, 0.1) is 5.75 Å². The number of amides is 1. The number of nitrogens with zero attached hydrogens (tertiary/aromatic N) is 1. The van der Waals surface area contributed by atoms with Crippen LogP contribution in [-0.4, -0.2) is 30.8 Å². The molecule has 24 heavy (non-hydrogen) atoms. The Morgan fingerprint density at radius 2 is 1.79 bits per heavy atom. The van der Waals surface area contributed by atoms with Gasteiger partial charge in [-0.05, 0) is 30.5 Å². The Balaban J connectivity index is 1.41. The summed E-state index contributed by atoms with van der Waals surface area (Å²) in [5.41, 5.74) is 2.52. The predicted octanol–water partition coefficient (Wildman–Crippen LogP) is 3.71. The van der Waals surface area contributed by atoms with Crippen LogP contribution in [0.5, 0.6) is 0 Å². The minimum absolute atomic E-state index is 0.135. The molecule has 1 saturated heterocycles. The summed E-state index contributed by atoms with van der Waals surface area (Å²) in [5, 5.41) is 3.11. The van der Waals surface area contributed by atoms with Crippen molar-refractivity contribution in [3.05, 3.63) is 66.2 Å². The molecule has 2 aromatic rings. The van der Waals surface area contributed by atoms with Gasteiger partial charge in [0.25, 0.3) is 0 Å². The van der Waals surface area contributed by atoms with Gasteiger partial charge in [-0.1, -0.05) is 48.5 Å². The first kappa shape index (κ1) is 16.9. The smallest absolute Gasteiger partial charge is 0.230 e. The Hall–Kier alpha value is -1.94. The number of hydrogen-bond donors (Lipinski definition) is 1. The van der Waals surface area contributed by atoms with Gasteiger partial charge in [0.2, 0.25) is 5.91 Å². The highest BCUT2D eigenvalue weighted by Crippen LogP contribution is 2.24. The Kier molecular flexibility index (Phi) is 6.19. The molecule has 0 aliphatic carbocycles. The third-order valence-electron chi connectivity index (χ3n) is 4.34. The van der Waals surface area contributed by atoms with E-state index in [-0.39, 0.29) is 5.91 Å². The van der Waals surface area contributed by atoms with Crippen LogP contribution < -0.4 is 10.2 Å². The van der Waals surface area contributed by atoms with Crippen LogP contribution in [-0.2, 0) is 10.5 Å². The normalized spacial score (nSPS) is 17.0. The summed E-state index contributed by atoms with van der Waals surface area (Å²) < 4.78 is 0. The molecule has 126 valence electrons. The number of thioether (sulfide) groups is 1. The van der Waals surface area contributed by atoms with Gasteiger partial charge in [-0.15, -0.1) is 11.8 Å². The highest BCUT2D eigenvalue weighted by atomic mass is 32.2. The van der Waals surface area contributed by atoms with Gasteiger partial charge in [0, 0.05) is 30.6 Å². The molecule has 0 unspecified atom stereocenters. The highest BCUT2D eigenvalue weighted by Gasteiger charge is 2.24. The number of carbonyl (C=O) groups excluding carboxylic acids is 1. The Morgan fingerprint density at radius 1 is 1.08 bits per heavy atom. The van der Waals surface area contributed by atoms with Crippen LogP contribution in [0.4, 0.5) is 5.69 Å². The average Bonchev–Trinajstić information content (AvgIpc) is 3.10. The fraction of sp³-hybridized carbons (Fsp3) is 0.350. The molecule has 1 fully saturated rings. The van der Waals surface area contributed by atoms with Gasteiger partial charge in [0.15, 0.2) is 0 Å². The molecular weight excluding hydrogens is 316 g/mol. The van der Waals surface area contributed by atoms with Crippen molar-refractivity contribution < 1.29 is 4.79 Å². The molecule has 4 heteroatoms. The topological polar surface area (TPSA) is 32.3 Å². The van der Waals surface area contributed by atoms with E-state index in [0.29, 0.717) is 11.8 Å². The van der Waals surface area contributed by atoms with Gasteiger partial charge in [-0.25, -0.2) is 0 Å². The van der Waals surface area contributed by atoms with Crippen molar-refractivity contribution >= 4 is 23.4 Å². The first-order valence-electron chi connectivity index (χ1n) is 8.53. The van der Waals surface area contributed by atoms with Crippen molar-refractivity contribution in [1.29, 1.82) is 0 Å². The van der Waals surface area contributed by atoms with Crippen molar-refractivity contribution in [3.8, 4) is 0 Å². The highest BCUT2D eigenvalue weighted by molar-refractivity contribution is 7.99. The van der Waals surface area contributed by atoms with Crippen molar-refractivity contribution in [2.24, 2.45) is 0 Å². The van der Waals surface area contributed by atoms with Crippen LogP contribution >= 0.6 is 11.8 Å². The quantitative estimate of drug-likeness (QED) is 0.834. The third-order valence-corrected chi connectivity index (χ3v) is 5.35. The zero-order chi connectivity index (χ0) is 16.6. The monoisotopic (exact) mass is 340 g/mol. The summed E-state index contributed by atoms with van der Waals surface area (Å²) in [7, 11) is 0. The van der Waals surface area contributed by atoms with Crippen LogP contribution in [0.1, 0.15) is 18.4 Å². The zero-order valence-corrected chi connectivity index (χ0v) is 14.7. The molecule has 0 aromatic heterocycles. The molecule has 3 rings (SSSR count). The van der Waals surface area contributed by atoms with E-state index in [0.717, 1.165) is 25.3 Å². The molecule has 0 saturated carbocycles. The molecule has 1 amide bonds. The van der Waals surface area contributed by atoms with Gasteiger partial charge in [-0.2, -0.15) is 0 Å². The third kappa shape index (κ3) is 4.78. The lowest BCUT2D eigenvalue weighted by molar-refractivity contribution is -0.118. The lowest BCUT2D eigenvalue weighted by atomic mass is 10.2. The SMILES string of the molecule is O=C(CSCc1ccccc1)NC[C@H]1CCCN1c1ccccc1. The maximum absolute atomic E-state index is 12.1. The van der Waals surface area contributed by atoms with E-state index < -0.39 is 0 Å². The number of hydrogen-bond acceptors (Lipinski definition) is 3. The molecule has 3 nitrogen and oxygen atoms in total. The second kappa shape index (κ2) is 8.78. The number of anilines is 1. The van der Waals surface area contributed by atoms with Crippen LogP contribution in [0.25, 0.3) is 0 Å². The largest absolute Gasteiger partial charge is 0.367 e. The molecule has 1 heterocycles. The summed E-state index contributed by atoms with van der Waals surface area (Å²) in [5.74, 6) is 1.54. The summed E-state index contributed by atoms with van der Waals surface area (Å²) in [6.45, 7) is 1.81. The van der Waals surface area contributed by atoms with Crippen molar-refractivity contribution in [3.63, 3.8) is 0 Å². The Morgan fingerprint density at radius 3 is 2.54 bits per heavy atom. The van der Waals surface area contributed by atoms with Crippen LogP contribution in [0.15, 0.2) is 60.7 Å². The Labute approximate surface area is 148 Å². The number of nitrogens with one attached hydrogen (secondary N) is 1. The predicted molar refractivity (Wildman–Crippen MR) is 102 cm³/mol. The van der Waals surface area contributed by atoms with E-state index in [1.54, 1.807) is 11.8 Å². The van der Waals surface area contributed by atoms with Gasteiger partial charge < -0.3 is 10.2 Å². The van der Waals surface area contributed by atoms with Crippen LogP contribution in [0.2, 0.25) is 0 Å². The summed E-state index contributed by atoms with van der Waals surface area (Å²) in [4.78, 5) is 14.5. The molecule has 0 bridgehead atoms. The maximum atomic E-state index is 12.1. The standard InChI is InChI=1S/C20H24N2OS/c23-20(16-24-15-17-8-3-1-4-9-17)21-14-19-12-7-13-22(19)18-10-5-2-6-11-18/h1-6,8-11,19H,7,12-16H2,(H,21,23)/t19-/m1/s1. The van der Waals surface area contributed by atoms with Gasteiger partial charge in [-0.3, -0.25) is 4.79 Å². The maximum Gasteiger partial charge on any atom is 0.230 e. The van der Waals surface area contributed by atoms with E-state index >= 15 is 0 Å². The number of benzene rings is 2. The zero-order valence-electron chi connectivity index (χ0n) is 13.9. The second-order valence-electron chi connectivity index (χ2n) is 6.11. The summed E-state index contributed by atoms with van der Waals surface area (Å²) in [6, 6.07) is 21.2. The van der Waals surface area contributed by atoms with Crippen molar-refractivity contribution in [2.45, 2.75) is 24.6 Å². The van der Waals surface area contributed by atoms with Gasteiger partial charge >= 0.3 is 0 Å². The molecule has 1 aliphatic rings.